The Morgan fingerprint density at radius 1 is 1.24 bits per heavy atom. The molecule has 1 saturated heterocycles. The van der Waals surface area contributed by atoms with E-state index in [0.717, 1.165) is 25.1 Å². The first-order chi connectivity index (χ1) is 8.16. The van der Waals surface area contributed by atoms with Crippen LogP contribution >= 0.6 is 0 Å². The molecule has 2 heterocycles. The van der Waals surface area contributed by atoms with Gasteiger partial charge in [-0.3, -0.25) is 4.79 Å². The number of fused-ring (bicyclic) bond motifs is 2. The molecule has 2 unspecified atom stereocenters. The summed E-state index contributed by atoms with van der Waals surface area (Å²) in [5.74, 6) is 0.220. The van der Waals surface area contributed by atoms with E-state index < -0.39 is 0 Å². The number of piperazine rings is 1. The average molecular weight is 230 g/mol. The second-order valence-corrected chi connectivity index (χ2v) is 5.30. The quantitative estimate of drug-likeness (QED) is 0.672. The van der Waals surface area contributed by atoms with Crippen molar-refractivity contribution in [3.63, 3.8) is 0 Å². The van der Waals surface area contributed by atoms with Gasteiger partial charge in [-0.25, -0.2) is 0 Å². The number of likely N-dealkylation sites (N-methyl/N-ethyl adjacent to an activating group) is 1. The Hall–Kier alpha value is -1.35. The zero-order valence-corrected chi connectivity index (χ0v) is 10.4. The van der Waals surface area contributed by atoms with Crippen molar-refractivity contribution in [1.29, 1.82) is 0 Å². The van der Waals surface area contributed by atoms with Gasteiger partial charge in [-0.05, 0) is 32.0 Å². The zero-order valence-electron chi connectivity index (χ0n) is 10.4. The van der Waals surface area contributed by atoms with Crippen LogP contribution in [0.4, 0.5) is 0 Å². The molecule has 0 bridgehead atoms. The lowest BCUT2D eigenvalue weighted by molar-refractivity contribution is 0.0269. The van der Waals surface area contributed by atoms with Crippen LogP contribution in [0.5, 0.6) is 0 Å². The normalized spacial score (nSPS) is 28.8. The van der Waals surface area contributed by atoms with Gasteiger partial charge in [-0.2, -0.15) is 0 Å². The van der Waals surface area contributed by atoms with Crippen molar-refractivity contribution >= 4 is 5.91 Å². The highest BCUT2D eigenvalue weighted by molar-refractivity contribution is 5.97. The molecule has 1 amide bonds. The van der Waals surface area contributed by atoms with E-state index in [1.165, 1.54) is 5.56 Å². The summed E-state index contributed by atoms with van der Waals surface area (Å²) < 4.78 is 0. The Morgan fingerprint density at radius 3 is 2.82 bits per heavy atom. The Labute approximate surface area is 102 Å². The van der Waals surface area contributed by atoms with Gasteiger partial charge in [0.1, 0.15) is 0 Å². The van der Waals surface area contributed by atoms with Crippen molar-refractivity contribution in [3.8, 4) is 0 Å². The Morgan fingerprint density at radius 2 is 2.00 bits per heavy atom. The van der Waals surface area contributed by atoms with Crippen molar-refractivity contribution < 1.29 is 4.79 Å². The summed E-state index contributed by atoms with van der Waals surface area (Å²) in [6, 6.07) is 8.70. The number of amides is 1. The van der Waals surface area contributed by atoms with Crippen LogP contribution in [-0.4, -0.2) is 47.9 Å². The molecule has 0 radical (unpaired) electrons. The molecule has 0 aliphatic carbocycles. The summed E-state index contributed by atoms with van der Waals surface area (Å²) in [6.45, 7) is 4.11. The smallest absolute Gasteiger partial charge is 0.254 e. The van der Waals surface area contributed by atoms with Crippen LogP contribution in [0.15, 0.2) is 24.3 Å². The number of hydrogen-bond donors (Lipinski definition) is 0. The third-order valence-electron chi connectivity index (χ3n) is 3.90. The highest BCUT2D eigenvalue weighted by atomic mass is 16.2. The van der Waals surface area contributed by atoms with E-state index in [-0.39, 0.29) is 5.91 Å². The molecule has 3 nitrogen and oxygen atoms in total. The third kappa shape index (κ3) is 1.65. The van der Waals surface area contributed by atoms with Gasteiger partial charge in [-0.15, -0.1) is 0 Å². The van der Waals surface area contributed by atoms with Crippen molar-refractivity contribution in [1.82, 2.24) is 9.80 Å². The number of nitrogens with zero attached hydrogens (tertiary/aromatic N) is 2. The summed E-state index contributed by atoms with van der Waals surface area (Å²) in [6.07, 6.45) is 0.997. The molecule has 3 heteroatoms. The predicted octanol–water partition coefficient (Wildman–Crippen LogP) is 1.39. The topological polar surface area (TPSA) is 23.6 Å². The van der Waals surface area contributed by atoms with Gasteiger partial charge in [0.05, 0.1) is 0 Å². The average Bonchev–Trinajstić information content (AvgIpc) is 2.28. The molecule has 1 aromatic carbocycles. The van der Waals surface area contributed by atoms with E-state index >= 15 is 0 Å². The first-order valence-corrected chi connectivity index (χ1v) is 6.26. The maximum absolute atomic E-state index is 12.5. The molecule has 0 aromatic heterocycles. The van der Waals surface area contributed by atoms with Gasteiger partial charge in [-0.1, -0.05) is 18.2 Å². The second-order valence-electron chi connectivity index (χ2n) is 5.30. The molecule has 0 saturated carbocycles. The van der Waals surface area contributed by atoms with Crippen LogP contribution in [0.3, 0.4) is 0 Å². The standard InChI is InChI=1S/C14H18N2O/c1-10-8-15(2)9-12-7-11-5-3-4-6-13(11)14(17)16(10)12/h3-6,10,12H,7-9H2,1-2H3. The fraction of sp³-hybridized carbons (Fsp3) is 0.500. The molecule has 1 fully saturated rings. The van der Waals surface area contributed by atoms with Crippen LogP contribution in [0.2, 0.25) is 0 Å². The van der Waals surface area contributed by atoms with Crippen LogP contribution < -0.4 is 0 Å². The lowest BCUT2D eigenvalue weighted by Gasteiger charge is -2.47. The van der Waals surface area contributed by atoms with Crippen LogP contribution in [0.1, 0.15) is 22.8 Å². The van der Waals surface area contributed by atoms with Gasteiger partial charge in [0.2, 0.25) is 0 Å². The first kappa shape index (κ1) is 10.8. The van der Waals surface area contributed by atoms with E-state index in [2.05, 4.69) is 29.8 Å². The van der Waals surface area contributed by atoms with Crippen LogP contribution in [0.25, 0.3) is 0 Å². The minimum Gasteiger partial charge on any atom is -0.330 e. The fourth-order valence-corrected chi connectivity index (χ4v) is 3.25. The van der Waals surface area contributed by atoms with Crippen LogP contribution in [0, 0.1) is 0 Å². The Kier molecular flexibility index (Phi) is 2.44. The minimum absolute atomic E-state index is 0.220. The van der Waals surface area contributed by atoms with Gasteiger partial charge >= 0.3 is 0 Å². The minimum atomic E-state index is 0.220. The van der Waals surface area contributed by atoms with Crippen molar-refractivity contribution in [3.05, 3.63) is 35.4 Å². The number of benzene rings is 1. The lowest BCUT2D eigenvalue weighted by Crippen LogP contribution is -2.61. The van der Waals surface area contributed by atoms with Gasteiger partial charge in [0, 0.05) is 30.7 Å². The molecular weight excluding hydrogens is 212 g/mol. The lowest BCUT2D eigenvalue weighted by atomic mass is 9.90. The number of rotatable bonds is 0. The fourth-order valence-electron chi connectivity index (χ4n) is 3.25. The van der Waals surface area contributed by atoms with Crippen molar-refractivity contribution in [2.75, 3.05) is 20.1 Å². The maximum Gasteiger partial charge on any atom is 0.254 e. The number of carbonyl (C=O) groups is 1. The van der Waals surface area contributed by atoms with E-state index in [9.17, 15) is 4.79 Å². The number of carbonyl (C=O) groups excluding carboxylic acids is 1. The summed E-state index contributed by atoms with van der Waals surface area (Å²) in [5.41, 5.74) is 2.11. The Bertz CT molecular complexity index is 457. The summed E-state index contributed by atoms with van der Waals surface area (Å²) in [5, 5.41) is 0. The molecule has 90 valence electrons. The monoisotopic (exact) mass is 230 g/mol. The van der Waals surface area contributed by atoms with Gasteiger partial charge in [0.25, 0.3) is 5.91 Å². The summed E-state index contributed by atoms with van der Waals surface area (Å²) >= 11 is 0. The van der Waals surface area contributed by atoms with E-state index in [0.29, 0.717) is 12.1 Å². The molecule has 0 spiro atoms. The predicted molar refractivity (Wildman–Crippen MR) is 67.1 cm³/mol. The molecule has 17 heavy (non-hydrogen) atoms. The Balaban J connectivity index is 2.01. The summed E-state index contributed by atoms with van der Waals surface area (Å²) in [4.78, 5) is 16.9. The molecular formula is C14H18N2O. The van der Waals surface area contributed by atoms with Gasteiger partial charge in [0.15, 0.2) is 0 Å². The summed E-state index contributed by atoms with van der Waals surface area (Å²) in [7, 11) is 2.14. The highest BCUT2D eigenvalue weighted by Crippen LogP contribution is 2.28. The molecule has 2 aliphatic rings. The van der Waals surface area contributed by atoms with Crippen LogP contribution in [-0.2, 0) is 6.42 Å². The highest BCUT2D eigenvalue weighted by Gasteiger charge is 2.38. The molecule has 1 aromatic rings. The van der Waals surface area contributed by atoms with E-state index in [1.807, 2.05) is 18.2 Å². The third-order valence-corrected chi connectivity index (χ3v) is 3.90. The molecule has 0 N–H and O–H groups in total. The van der Waals surface area contributed by atoms with Crippen molar-refractivity contribution in [2.45, 2.75) is 25.4 Å². The molecule has 2 atom stereocenters. The zero-order chi connectivity index (χ0) is 12.0. The first-order valence-electron chi connectivity index (χ1n) is 6.26. The molecule has 2 aliphatic heterocycles. The van der Waals surface area contributed by atoms with E-state index in [4.69, 9.17) is 0 Å². The number of hydrogen-bond acceptors (Lipinski definition) is 2. The van der Waals surface area contributed by atoms with Crippen molar-refractivity contribution in [2.24, 2.45) is 0 Å². The van der Waals surface area contributed by atoms with E-state index in [1.54, 1.807) is 0 Å². The second kappa shape index (κ2) is 3.84. The largest absolute Gasteiger partial charge is 0.330 e. The SMILES string of the molecule is CC1CN(C)CC2Cc3ccccc3C(=O)N12. The maximum atomic E-state index is 12.5. The van der Waals surface area contributed by atoms with Gasteiger partial charge < -0.3 is 9.80 Å². The molecule has 3 rings (SSSR count).